The standard InChI is InChI=1S/C11H13NO5/c1-11(2)9-7(12(13)14)5-4-6-8(9)16-17-10(11)15-3/h4-6,10H,1-3H3. The summed E-state index contributed by atoms with van der Waals surface area (Å²) in [7, 11) is 1.47. The monoisotopic (exact) mass is 239 g/mol. The van der Waals surface area contributed by atoms with Crippen molar-refractivity contribution in [3.8, 4) is 5.75 Å². The van der Waals surface area contributed by atoms with Crippen LogP contribution in [0.5, 0.6) is 5.75 Å². The molecule has 1 heterocycles. The molecule has 0 amide bonds. The maximum atomic E-state index is 11.0. The Balaban J connectivity index is 2.62. The van der Waals surface area contributed by atoms with E-state index in [1.54, 1.807) is 12.1 Å². The molecule has 1 aromatic carbocycles. The summed E-state index contributed by atoms with van der Waals surface area (Å²) in [4.78, 5) is 20.7. The van der Waals surface area contributed by atoms with Crippen LogP contribution < -0.4 is 4.89 Å². The molecule has 0 N–H and O–H groups in total. The van der Waals surface area contributed by atoms with Crippen LogP contribution in [-0.2, 0) is 15.0 Å². The molecule has 0 radical (unpaired) electrons. The predicted octanol–water partition coefficient (Wildman–Crippen LogP) is 2.17. The summed E-state index contributed by atoms with van der Waals surface area (Å²) < 4.78 is 5.13. The van der Waals surface area contributed by atoms with Crippen molar-refractivity contribution in [3.63, 3.8) is 0 Å². The number of nitrogens with zero attached hydrogens (tertiary/aromatic N) is 1. The number of fused-ring (bicyclic) bond motifs is 1. The van der Waals surface area contributed by atoms with Gasteiger partial charge in [-0.2, -0.15) is 4.89 Å². The number of hydrogen-bond acceptors (Lipinski definition) is 5. The van der Waals surface area contributed by atoms with E-state index in [0.29, 0.717) is 11.3 Å². The van der Waals surface area contributed by atoms with Gasteiger partial charge < -0.3 is 9.62 Å². The van der Waals surface area contributed by atoms with E-state index in [-0.39, 0.29) is 5.69 Å². The van der Waals surface area contributed by atoms with Gasteiger partial charge in [-0.05, 0) is 6.07 Å². The zero-order valence-corrected chi connectivity index (χ0v) is 9.80. The molecule has 2 rings (SSSR count). The highest BCUT2D eigenvalue weighted by molar-refractivity contribution is 5.54. The van der Waals surface area contributed by atoms with Gasteiger partial charge in [0, 0.05) is 13.2 Å². The van der Waals surface area contributed by atoms with Crippen LogP contribution in [0.25, 0.3) is 0 Å². The Bertz CT molecular complexity index is 457. The molecule has 0 aromatic heterocycles. The Morgan fingerprint density at radius 2 is 2.18 bits per heavy atom. The van der Waals surface area contributed by atoms with Gasteiger partial charge in [0.05, 0.1) is 15.9 Å². The van der Waals surface area contributed by atoms with Crippen molar-refractivity contribution < 1.29 is 19.4 Å². The van der Waals surface area contributed by atoms with Crippen molar-refractivity contribution in [1.29, 1.82) is 0 Å². The highest BCUT2D eigenvalue weighted by Crippen LogP contribution is 2.44. The van der Waals surface area contributed by atoms with Crippen LogP contribution in [-0.4, -0.2) is 18.3 Å². The number of hydrogen-bond donors (Lipinski definition) is 0. The van der Waals surface area contributed by atoms with E-state index in [2.05, 4.69) is 0 Å². The van der Waals surface area contributed by atoms with Crippen molar-refractivity contribution >= 4 is 5.69 Å². The topological polar surface area (TPSA) is 70.8 Å². The lowest BCUT2D eigenvalue weighted by molar-refractivity contribution is -0.390. The van der Waals surface area contributed by atoms with Crippen LogP contribution in [0.15, 0.2) is 18.2 Å². The van der Waals surface area contributed by atoms with Crippen LogP contribution in [0.3, 0.4) is 0 Å². The SMILES string of the molecule is COC1OOc2cccc([N+](=O)[O-])c2C1(C)C. The summed E-state index contributed by atoms with van der Waals surface area (Å²) in [6.45, 7) is 3.63. The number of methoxy groups -OCH3 is 1. The molecule has 0 aliphatic carbocycles. The Morgan fingerprint density at radius 1 is 1.47 bits per heavy atom. The van der Waals surface area contributed by atoms with E-state index in [9.17, 15) is 10.1 Å². The fourth-order valence-corrected chi connectivity index (χ4v) is 2.06. The van der Waals surface area contributed by atoms with Gasteiger partial charge in [-0.1, -0.05) is 19.9 Å². The Hall–Kier alpha value is -1.66. The zero-order valence-electron chi connectivity index (χ0n) is 9.80. The van der Waals surface area contributed by atoms with E-state index in [1.165, 1.54) is 13.2 Å². The quantitative estimate of drug-likeness (QED) is 0.449. The van der Waals surface area contributed by atoms with Crippen molar-refractivity contribution in [2.24, 2.45) is 0 Å². The molecule has 92 valence electrons. The maximum Gasteiger partial charge on any atom is 0.277 e. The number of benzene rings is 1. The third-order valence-electron chi connectivity index (χ3n) is 2.87. The summed E-state index contributed by atoms with van der Waals surface area (Å²) in [5, 5.41) is 11.0. The third-order valence-corrected chi connectivity index (χ3v) is 2.87. The normalized spacial score (nSPS) is 21.5. The van der Waals surface area contributed by atoms with Crippen LogP contribution in [0.2, 0.25) is 0 Å². The lowest BCUT2D eigenvalue weighted by Crippen LogP contribution is -2.42. The number of rotatable bonds is 2. The molecule has 0 saturated carbocycles. The van der Waals surface area contributed by atoms with Gasteiger partial charge in [0.15, 0.2) is 5.75 Å². The van der Waals surface area contributed by atoms with Crippen molar-refractivity contribution in [2.45, 2.75) is 25.6 Å². The van der Waals surface area contributed by atoms with E-state index in [0.717, 1.165) is 0 Å². The van der Waals surface area contributed by atoms with E-state index < -0.39 is 16.6 Å². The largest absolute Gasteiger partial charge is 0.352 e. The number of nitro groups is 1. The molecular weight excluding hydrogens is 226 g/mol. The first-order valence-electron chi connectivity index (χ1n) is 5.12. The summed E-state index contributed by atoms with van der Waals surface area (Å²) in [6, 6.07) is 4.64. The van der Waals surface area contributed by atoms with E-state index in [4.69, 9.17) is 14.5 Å². The van der Waals surface area contributed by atoms with Crippen LogP contribution in [0, 0.1) is 10.1 Å². The van der Waals surface area contributed by atoms with Gasteiger partial charge in [-0.3, -0.25) is 10.1 Å². The first-order chi connectivity index (χ1) is 7.98. The second-order valence-electron chi connectivity index (χ2n) is 4.38. The van der Waals surface area contributed by atoms with Gasteiger partial charge in [-0.25, -0.2) is 0 Å². The summed E-state index contributed by atoms with van der Waals surface area (Å²) in [5.41, 5.74) is -0.160. The highest BCUT2D eigenvalue weighted by atomic mass is 17.2. The third kappa shape index (κ3) is 1.75. The molecule has 6 heteroatoms. The van der Waals surface area contributed by atoms with E-state index in [1.807, 2.05) is 13.8 Å². The molecule has 6 nitrogen and oxygen atoms in total. The molecule has 0 bridgehead atoms. The first-order valence-corrected chi connectivity index (χ1v) is 5.12. The fourth-order valence-electron chi connectivity index (χ4n) is 2.06. The minimum Gasteiger partial charge on any atom is -0.352 e. The highest BCUT2D eigenvalue weighted by Gasteiger charge is 2.45. The van der Waals surface area contributed by atoms with Crippen LogP contribution in [0.4, 0.5) is 5.69 Å². The lowest BCUT2D eigenvalue weighted by Gasteiger charge is -2.36. The van der Waals surface area contributed by atoms with Crippen molar-refractivity contribution in [2.75, 3.05) is 7.11 Å². The fraction of sp³-hybridized carbons (Fsp3) is 0.455. The molecule has 0 fully saturated rings. The number of nitro benzene ring substituents is 1. The number of ether oxygens (including phenoxy) is 1. The molecule has 0 saturated heterocycles. The predicted molar refractivity (Wildman–Crippen MR) is 58.6 cm³/mol. The average molecular weight is 239 g/mol. The Morgan fingerprint density at radius 3 is 2.76 bits per heavy atom. The van der Waals surface area contributed by atoms with Crippen molar-refractivity contribution in [3.05, 3.63) is 33.9 Å². The summed E-state index contributed by atoms with van der Waals surface area (Å²) in [5.74, 6) is 0.359. The molecule has 0 spiro atoms. The second-order valence-corrected chi connectivity index (χ2v) is 4.38. The molecule has 1 atom stereocenters. The van der Waals surface area contributed by atoms with E-state index >= 15 is 0 Å². The molecule has 1 aromatic rings. The summed E-state index contributed by atoms with van der Waals surface area (Å²) in [6.07, 6.45) is -0.684. The molecule has 1 aliphatic rings. The van der Waals surface area contributed by atoms with Gasteiger partial charge >= 0.3 is 0 Å². The van der Waals surface area contributed by atoms with Gasteiger partial charge in [0.2, 0.25) is 6.29 Å². The second kappa shape index (κ2) is 3.97. The summed E-state index contributed by atoms with van der Waals surface area (Å²) >= 11 is 0. The Kier molecular flexibility index (Phi) is 2.76. The molecule has 1 unspecified atom stereocenters. The van der Waals surface area contributed by atoms with Crippen LogP contribution in [0.1, 0.15) is 19.4 Å². The van der Waals surface area contributed by atoms with Gasteiger partial charge in [0.25, 0.3) is 5.69 Å². The van der Waals surface area contributed by atoms with Gasteiger partial charge in [-0.15, -0.1) is 0 Å². The van der Waals surface area contributed by atoms with Crippen molar-refractivity contribution in [1.82, 2.24) is 0 Å². The van der Waals surface area contributed by atoms with Crippen LogP contribution >= 0.6 is 0 Å². The first kappa shape index (κ1) is 11.8. The zero-order chi connectivity index (χ0) is 12.6. The molecule has 1 aliphatic heterocycles. The lowest BCUT2D eigenvalue weighted by atomic mass is 9.81. The van der Waals surface area contributed by atoms with Gasteiger partial charge in [0.1, 0.15) is 0 Å². The minimum atomic E-state index is -0.684. The Labute approximate surface area is 98.2 Å². The average Bonchev–Trinajstić information content (AvgIpc) is 2.28. The molecular formula is C11H13NO5. The maximum absolute atomic E-state index is 11.0. The smallest absolute Gasteiger partial charge is 0.277 e. The molecule has 17 heavy (non-hydrogen) atoms. The minimum absolute atomic E-state index is 0.0119.